The molecule has 0 unspecified atom stereocenters. The monoisotopic (exact) mass is 548 g/mol. The molecule has 0 atom stereocenters. The molecule has 6 heteroatoms. The molecule has 39 heavy (non-hydrogen) atoms. The minimum absolute atomic E-state index is 0.857. The van der Waals surface area contributed by atoms with E-state index in [1.165, 1.54) is 41.8 Å². The Balaban J connectivity index is 1.47. The van der Waals surface area contributed by atoms with Gasteiger partial charge in [-0.1, -0.05) is 30.3 Å². The molecule has 3 heterocycles. The van der Waals surface area contributed by atoms with Gasteiger partial charge in [0.1, 0.15) is 23.0 Å². The molecule has 194 valence electrons. The van der Waals surface area contributed by atoms with Gasteiger partial charge in [-0.05, 0) is 96.8 Å². The van der Waals surface area contributed by atoms with E-state index in [0.717, 1.165) is 34.3 Å². The van der Waals surface area contributed by atoms with Crippen LogP contribution in [0.5, 0.6) is 11.5 Å². The number of methoxy groups -OCH3 is 2. The van der Waals surface area contributed by atoms with E-state index in [-0.39, 0.29) is 0 Å². The minimum Gasteiger partial charge on any atom is -0.497 e. The molecular weight excluding hydrogens is 521 g/mol. The lowest BCUT2D eigenvalue weighted by molar-refractivity contribution is 0.415. The number of rotatable bonds is 7. The fraction of sp³-hybridized carbons (Fsp3) is 0.121. The number of nitrogens with zero attached hydrogens (tertiary/aromatic N) is 1. The predicted octanol–water partition coefficient (Wildman–Crippen LogP) is 9.50. The number of thiophene rings is 2. The van der Waals surface area contributed by atoms with Crippen LogP contribution in [0.4, 0.5) is 0 Å². The van der Waals surface area contributed by atoms with Gasteiger partial charge in [0.15, 0.2) is 0 Å². The Morgan fingerprint density at radius 3 is 1.67 bits per heavy atom. The third-order valence-electron chi connectivity index (χ3n) is 6.78. The molecule has 3 aromatic carbocycles. The fourth-order valence-corrected chi connectivity index (χ4v) is 7.03. The van der Waals surface area contributed by atoms with E-state index >= 15 is 0 Å². The third-order valence-corrected chi connectivity index (χ3v) is 9.37. The topological polar surface area (TPSA) is 47.1 Å². The molecule has 0 aliphatic rings. The Morgan fingerprint density at radius 2 is 1.13 bits per heavy atom. The molecule has 6 rings (SSSR count). The molecule has 0 aliphatic carbocycles. The van der Waals surface area contributed by atoms with E-state index in [2.05, 4.69) is 67.4 Å². The van der Waals surface area contributed by atoms with Crippen LogP contribution in [-0.4, -0.2) is 24.2 Å². The van der Waals surface area contributed by atoms with Crippen LogP contribution in [0.3, 0.4) is 0 Å². The molecule has 0 spiro atoms. The second-order valence-corrected chi connectivity index (χ2v) is 11.5. The van der Waals surface area contributed by atoms with Crippen LogP contribution in [-0.2, 0) is 0 Å². The highest BCUT2D eigenvalue weighted by molar-refractivity contribution is 7.20. The average molecular weight is 549 g/mol. The van der Waals surface area contributed by atoms with E-state index in [1.54, 1.807) is 36.9 Å². The van der Waals surface area contributed by atoms with Crippen LogP contribution in [0.25, 0.3) is 53.4 Å². The normalized spacial score (nSPS) is 11.1. The maximum atomic E-state index is 5.35. The smallest absolute Gasteiger partial charge is 0.138 e. The molecule has 1 N–H and O–H groups in total. The summed E-state index contributed by atoms with van der Waals surface area (Å²) in [6, 6.07) is 31.3. The van der Waals surface area contributed by atoms with Gasteiger partial charge in [-0.15, -0.1) is 22.7 Å². The van der Waals surface area contributed by atoms with E-state index in [0.29, 0.717) is 0 Å². The summed E-state index contributed by atoms with van der Waals surface area (Å²) in [6.07, 6.45) is 0. The van der Waals surface area contributed by atoms with Gasteiger partial charge in [0.05, 0.1) is 29.7 Å². The molecule has 0 saturated carbocycles. The zero-order valence-corrected chi connectivity index (χ0v) is 23.9. The second-order valence-electron chi connectivity index (χ2n) is 9.38. The second kappa shape index (κ2) is 10.6. The predicted molar refractivity (Wildman–Crippen MR) is 164 cm³/mol. The number of nitrogens with one attached hydrogen (secondary N) is 1. The Hall–Kier alpha value is -4.13. The van der Waals surface area contributed by atoms with Crippen LogP contribution in [0.1, 0.15) is 11.1 Å². The number of benzene rings is 3. The van der Waals surface area contributed by atoms with Crippen molar-refractivity contribution in [1.29, 1.82) is 0 Å². The van der Waals surface area contributed by atoms with Crippen LogP contribution in [0.2, 0.25) is 0 Å². The van der Waals surface area contributed by atoms with E-state index in [4.69, 9.17) is 14.5 Å². The van der Waals surface area contributed by atoms with Crippen molar-refractivity contribution in [2.24, 2.45) is 0 Å². The van der Waals surface area contributed by atoms with Crippen molar-refractivity contribution in [3.8, 4) is 64.9 Å². The Morgan fingerprint density at radius 1 is 0.615 bits per heavy atom. The lowest BCUT2D eigenvalue weighted by Crippen LogP contribution is -1.82. The first-order chi connectivity index (χ1) is 19.0. The van der Waals surface area contributed by atoms with Crippen molar-refractivity contribution >= 4 is 22.7 Å². The molecule has 0 amide bonds. The first-order valence-corrected chi connectivity index (χ1v) is 14.3. The molecule has 0 aliphatic heterocycles. The standard InChI is InChI=1S/C33H28N2O2S2/c1-20-18-27(22-10-14-25(36-3)15-11-22)38-31(20)29-30(35-33(34-29)24-8-6-5-7-9-24)32-21(2)19-28(39-32)23-12-16-26(37-4)17-13-23/h5-19H,1-4H3,(H,34,35). The highest BCUT2D eigenvalue weighted by Crippen LogP contribution is 2.46. The van der Waals surface area contributed by atoms with Crippen LogP contribution >= 0.6 is 22.7 Å². The quantitative estimate of drug-likeness (QED) is 0.216. The Labute approximate surface area is 236 Å². The van der Waals surface area contributed by atoms with Crippen molar-refractivity contribution in [2.45, 2.75) is 13.8 Å². The van der Waals surface area contributed by atoms with E-state index in [1.807, 2.05) is 42.5 Å². The zero-order chi connectivity index (χ0) is 26.9. The first kappa shape index (κ1) is 25.2. The van der Waals surface area contributed by atoms with E-state index < -0.39 is 0 Å². The number of imidazole rings is 1. The molecule has 0 fully saturated rings. The number of hydrogen-bond donors (Lipinski definition) is 1. The van der Waals surface area contributed by atoms with Gasteiger partial charge in [-0.25, -0.2) is 4.98 Å². The van der Waals surface area contributed by atoms with Gasteiger partial charge in [0, 0.05) is 15.3 Å². The van der Waals surface area contributed by atoms with E-state index in [9.17, 15) is 0 Å². The molecule has 0 saturated heterocycles. The number of H-pyrrole nitrogens is 1. The number of ether oxygens (including phenoxy) is 2. The van der Waals surface area contributed by atoms with Gasteiger partial charge < -0.3 is 14.5 Å². The first-order valence-electron chi connectivity index (χ1n) is 12.7. The van der Waals surface area contributed by atoms with Crippen LogP contribution < -0.4 is 9.47 Å². The SMILES string of the molecule is COc1ccc(-c2cc(C)c(-c3nc(-c4ccccc4)[nH]c3-c3sc(-c4ccc(OC)cc4)cc3C)s2)cc1. The summed E-state index contributed by atoms with van der Waals surface area (Å²) in [5.74, 6) is 2.59. The minimum atomic E-state index is 0.857. The third kappa shape index (κ3) is 4.89. The maximum absolute atomic E-state index is 5.35. The lowest BCUT2D eigenvalue weighted by atomic mass is 10.1. The average Bonchev–Trinajstić information content (AvgIpc) is 3.70. The summed E-state index contributed by atoms with van der Waals surface area (Å²) >= 11 is 3.57. The number of aryl methyl sites for hydroxylation is 2. The summed E-state index contributed by atoms with van der Waals surface area (Å²) < 4.78 is 10.7. The molecule has 4 nitrogen and oxygen atoms in total. The summed E-state index contributed by atoms with van der Waals surface area (Å²) in [4.78, 5) is 13.7. The summed E-state index contributed by atoms with van der Waals surface area (Å²) in [5.41, 5.74) is 7.89. The molecule has 6 aromatic rings. The van der Waals surface area contributed by atoms with Gasteiger partial charge in [0.2, 0.25) is 0 Å². The van der Waals surface area contributed by atoms with Crippen molar-refractivity contribution in [3.05, 3.63) is 102 Å². The van der Waals surface area contributed by atoms with Crippen molar-refractivity contribution in [3.63, 3.8) is 0 Å². The van der Waals surface area contributed by atoms with Crippen molar-refractivity contribution in [2.75, 3.05) is 14.2 Å². The molecule has 0 radical (unpaired) electrons. The fourth-order valence-electron chi connectivity index (χ4n) is 4.68. The molecule has 3 aromatic heterocycles. The van der Waals surface area contributed by atoms with Crippen molar-refractivity contribution in [1.82, 2.24) is 9.97 Å². The molecular formula is C33H28N2O2S2. The summed E-state index contributed by atoms with van der Waals surface area (Å²) in [5, 5.41) is 0. The van der Waals surface area contributed by atoms with Crippen LogP contribution in [0.15, 0.2) is 91.0 Å². The van der Waals surface area contributed by atoms with Gasteiger partial charge in [-0.2, -0.15) is 0 Å². The van der Waals surface area contributed by atoms with Gasteiger partial charge in [0.25, 0.3) is 0 Å². The van der Waals surface area contributed by atoms with Gasteiger partial charge in [-0.3, -0.25) is 0 Å². The summed E-state index contributed by atoms with van der Waals surface area (Å²) in [7, 11) is 3.39. The largest absolute Gasteiger partial charge is 0.497 e. The lowest BCUT2D eigenvalue weighted by Gasteiger charge is -2.02. The van der Waals surface area contributed by atoms with Gasteiger partial charge >= 0.3 is 0 Å². The number of aromatic amines is 1. The summed E-state index contributed by atoms with van der Waals surface area (Å²) in [6.45, 7) is 4.35. The number of aromatic nitrogens is 2. The zero-order valence-electron chi connectivity index (χ0n) is 22.2. The van der Waals surface area contributed by atoms with Crippen molar-refractivity contribution < 1.29 is 9.47 Å². The Kier molecular flexibility index (Phi) is 6.81. The highest BCUT2D eigenvalue weighted by atomic mass is 32.1. The Bertz CT molecular complexity index is 1620. The highest BCUT2D eigenvalue weighted by Gasteiger charge is 2.22. The number of hydrogen-bond acceptors (Lipinski definition) is 5. The molecule has 0 bridgehead atoms. The van der Waals surface area contributed by atoms with Crippen LogP contribution in [0, 0.1) is 13.8 Å². The maximum Gasteiger partial charge on any atom is 0.138 e.